The summed E-state index contributed by atoms with van der Waals surface area (Å²) in [6.07, 6.45) is 2.68. The maximum atomic E-state index is 13.0. The number of amides is 2. The van der Waals surface area contributed by atoms with E-state index in [1.54, 1.807) is 16.7 Å². The van der Waals surface area contributed by atoms with E-state index in [1.165, 1.54) is 13.5 Å². The molecule has 9 nitrogen and oxygen atoms in total. The van der Waals surface area contributed by atoms with Gasteiger partial charge in [-0.1, -0.05) is 31.2 Å². The highest BCUT2D eigenvalue weighted by atomic mass is 16.2. The third kappa shape index (κ3) is 5.22. The van der Waals surface area contributed by atoms with E-state index in [4.69, 9.17) is 10.7 Å². The van der Waals surface area contributed by atoms with E-state index in [0.717, 1.165) is 37.2 Å². The molecule has 0 spiro atoms. The molecule has 1 fully saturated rings. The van der Waals surface area contributed by atoms with Crippen molar-refractivity contribution in [2.24, 2.45) is 0 Å². The van der Waals surface area contributed by atoms with Crippen LogP contribution in [0.1, 0.15) is 42.6 Å². The molecule has 0 aliphatic carbocycles. The van der Waals surface area contributed by atoms with Crippen molar-refractivity contribution in [2.75, 3.05) is 39.5 Å². The van der Waals surface area contributed by atoms with Gasteiger partial charge in [-0.25, -0.2) is 4.98 Å². The number of aromatic nitrogens is 2. The van der Waals surface area contributed by atoms with Crippen LogP contribution in [-0.4, -0.2) is 70.9 Å². The van der Waals surface area contributed by atoms with Gasteiger partial charge < -0.3 is 20.5 Å². The quantitative estimate of drug-likeness (QED) is 0.487. The lowest BCUT2D eigenvalue weighted by molar-refractivity contribution is -0.129. The number of aryl methyl sites for hydroxylation is 1. The molecule has 0 radical (unpaired) electrons. The number of anilines is 1. The van der Waals surface area contributed by atoms with E-state index in [-0.39, 0.29) is 17.3 Å². The van der Waals surface area contributed by atoms with Crippen molar-refractivity contribution >= 4 is 28.7 Å². The first kappa shape index (κ1) is 26.3. The Bertz CT molecular complexity index is 1370. The summed E-state index contributed by atoms with van der Waals surface area (Å²) in [6.45, 7) is 7.41. The van der Waals surface area contributed by atoms with E-state index in [1.807, 2.05) is 43.1 Å². The van der Waals surface area contributed by atoms with Crippen LogP contribution in [0.2, 0.25) is 0 Å². The molecule has 0 bridgehead atoms. The molecule has 1 aliphatic heterocycles. The first-order valence-corrected chi connectivity index (χ1v) is 12.9. The summed E-state index contributed by atoms with van der Waals surface area (Å²) in [5.74, 6) is -0.312. The summed E-state index contributed by atoms with van der Waals surface area (Å²) in [4.78, 5) is 47.1. The van der Waals surface area contributed by atoms with Gasteiger partial charge in [0.15, 0.2) is 0 Å². The highest BCUT2D eigenvalue weighted by Crippen LogP contribution is 2.24. The minimum atomic E-state index is -0.516. The van der Waals surface area contributed by atoms with Crippen molar-refractivity contribution in [3.63, 3.8) is 0 Å². The van der Waals surface area contributed by atoms with Gasteiger partial charge >= 0.3 is 0 Å². The molecule has 3 N–H and O–H groups in total. The molecule has 2 aromatic heterocycles. The minimum absolute atomic E-state index is 0.0688. The Hall–Kier alpha value is -3.72. The van der Waals surface area contributed by atoms with Crippen LogP contribution in [0.15, 0.2) is 41.2 Å². The number of nitrogens with two attached hydrogens (primary N) is 1. The molecular weight excluding hydrogens is 468 g/mol. The van der Waals surface area contributed by atoms with Crippen LogP contribution in [0.3, 0.4) is 0 Å². The molecule has 4 rings (SSSR count). The van der Waals surface area contributed by atoms with Crippen LogP contribution in [0.5, 0.6) is 0 Å². The number of nitrogens with zero attached hydrogens (tertiary/aromatic N) is 4. The molecule has 1 saturated heterocycles. The minimum Gasteiger partial charge on any atom is -0.384 e. The SMILES string of the molecule is CCN1CCCC1CN(C)C(=O)Cc1ccc(-c2ccc3c(=O)c(C(=O)NC)c(N)n(CC)c3n2)cc1. The molecule has 37 heavy (non-hydrogen) atoms. The fourth-order valence-electron chi connectivity index (χ4n) is 5.20. The Morgan fingerprint density at radius 1 is 1.14 bits per heavy atom. The summed E-state index contributed by atoms with van der Waals surface area (Å²) in [6, 6.07) is 11.7. The fourth-order valence-corrected chi connectivity index (χ4v) is 5.20. The topological polar surface area (TPSA) is 114 Å². The lowest BCUT2D eigenvalue weighted by Crippen LogP contribution is -2.41. The number of fused-ring (bicyclic) bond motifs is 1. The standard InChI is InChI=1S/C28H36N6O3/c1-5-33-15-7-8-20(33)17-32(4)23(35)16-18-9-11-19(12-10-18)22-14-13-21-25(36)24(28(37)30-3)26(29)34(6-2)27(21)31-22/h9-14,20H,5-8,15-17,29H2,1-4H3,(H,30,37). The number of pyridine rings is 2. The number of rotatable bonds is 8. The lowest BCUT2D eigenvalue weighted by Gasteiger charge is -2.27. The van der Waals surface area contributed by atoms with Crippen molar-refractivity contribution < 1.29 is 9.59 Å². The molecule has 1 aliphatic rings. The second-order valence-corrected chi connectivity index (χ2v) is 9.55. The largest absolute Gasteiger partial charge is 0.384 e. The predicted octanol–water partition coefficient (Wildman–Crippen LogP) is 2.51. The maximum Gasteiger partial charge on any atom is 0.258 e. The number of carbonyl (C=O) groups is 2. The first-order valence-electron chi connectivity index (χ1n) is 12.9. The number of benzene rings is 1. The van der Waals surface area contributed by atoms with E-state index in [9.17, 15) is 14.4 Å². The van der Waals surface area contributed by atoms with Crippen molar-refractivity contribution in [2.45, 2.75) is 45.7 Å². The molecule has 1 aromatic carbocycles. The van der Waals surface area contributed by atoms with Crippen LogP contribution in [-0.2, 0) is 17.8 Å². The van der Waals surface area contributed by atoms with Gasteiger partial charge in [-0.05, 0) is 50.6 Å². The van der Waals surface area contributed by atoms with Gasteiger partial charge in [0.2, 0.25) is 11.3 Å². The van der Waals surface area contributed by atoms with E-state index in [0.29, 0.717) is 35.7 Å². The van der Waals surface area contributed by atoms with Crippen molar-refractivity contribution in [1.29, 1.82) is 0 Å². The van der Waals surface area contributed by atoms with Crippen LogP contribution < -0.4 is 16.5 Å². The van der Waals surface area contributed by atoms with Crippen molar-refractivity contribution in [1.82, 2.24) is 24.7 Å². The Morgan fingerprint density at radius 3 is 2.51 bits per heavy atom. The zero-order valence-corrected chi connectivity index (χ0v) is 22.1. The van der Waals surface area contributed by atoms with Crippen molar-refractivity contribution in [3.8, 4) is 11.3 Å². The van der Waals surface area contributed by atoms with Crippen LogP contribution >= 0.6 is 0 Å². The second-order valence-electron chi connectivity index (χ2n) is 9.55. The molecule has 0 saturated carbocycles. The van der Waals surface area contributed by atoms with Crippen LogP contribution in [0.25, 0.3) is 22.3 Å². The van der Waals surface area contributed by atoms with Gasteiger partial charge in [0, 0.05) is 38.8 Å². The Kier molecular flexibility index (Phi) is 7.92. The summed E-state index contributed by atoms with van der Waals surface area (Å²) >= 11 is 0. The lowest BCUT2D eigenvalue weighted by atomic mass is 10.0. The zero-order chi connectivity index (χ0) is 26.7. The fraction of sp³-hybridized carbons (Fsp3) is 0.429. The van der Waals surface area contributed by atoms with Gasteiger partial charge in [0.25, 0.3) is 5.91 Å². The average Bonchev–Trinajstić information content (AvgIpc) is 3.36. The number of nitrogen functional groups attached to an aromatic ring is 1. The number of likely N-dealkylation sites (N-methyl/N-ethyl adjacent to an activating group) is 2. The van der Waals surface area contributed by atoms with Gasteiger partial charge in [-0.15, -0.1) is 0 Å². The molecule has 2 amide bonds. The normalized spacial score (nSPS) is 15.7. The number of hydrogen-bond acceptors (Lipinski definition) is 6. The Morgan fingerprint density at radius 2 is 1.86 bits per heavy atom. The Labute approximate surface area is 217 Å². The summed E-state index contributed by atoms with van der Waals surface area (Å²) in [7, 11) is 3.35. The van der Waals surface area contributed by atoms with Gasteiger partial charge in [0.1, 0.15) is 17.0 Å². The van der Waals surface area contributed by atoms with Crippen LogP contribution in [0, 0.1) is 0 Å². The zero-order valence-electron chi connectivity index (χ0n) is 22.1. The number of nitrogens with one attached hydrogen (secondary N) is 1. The summed E-state index contributed by atoms with van der Waals surface area (Å²) < 4.78 is 1.68. The average molecular weight is 505 g/mol. The van der Waals surface area contributed by atoms with Crippen LogP contribution in [0.4, 0.5) is 5.82 Å². The molecular formula is C28H36N6O3. The monoisotopic (exact) mass is 504 g/mol. The highest BCUT2D eigenvalue weighted by molar-refractivity contribution is 6.01. The van der Waals surface area contributed by atoms with Gasteiger partial charge in [0.05, 0.1) is 17.5 Å². The van der Waals surface area contributed by atoms with E-state index in [2.05, 4.69) is 17.1 Å². The summed E-state index contributed by atoms with van der Waals surface area (Å²) in [5, 5.41) is 2.82. The first-order chi connectivity index (χ1) is 17.8. The molecule has 196 valence electrons. The number of hydrogen-bond donors (Lipinski definition) is 2. The second kappa shape index (κ2) is 11.1. The molecule has 3 heterocycles. The molecule has 3 aromatic rings. The Balaban J connectivity index is 1.54. The molecule has 1 atom stereocenters. The van der Waals surface area contributed by atoms with E-state index >= 15 is 0 Å². The third-order valence-corrected chi connectivity index (χ3v) is 7.34. The predicted molar refractivity (Wildman–Crippen MR) is 147 cm³/mol. The maximum absolute atomic E-state index is 13.0. The number of carbonyl (C=O) groups excluding carboxylic acids is 2. The summed E-state index contributed by atoms with van der Waals surface area (Å²) in [5.41, 5.74) is 8.61. The van der Waals surface area contributed by atoms with Gasteiger partial charge in [-0.3, -0.25) is 19.3 Å². The van der Waals surface area contributed by atoms with E-state index < -0.39 is 11.3 Å². The smallest absolute Gasteiger partial charge is 0.258 e. The third-order valence-electron chi connectivity index (χ3n) is 7.34. The van der Waals surface area contributed by atoms with Crippen molar-refractivity contribution in [3.05, 3.63) is 57.7 Å². The molecule has 9 heteroatoms. The molecule has 1 unspecified atom stereocenters. The number of likely N-dealkylation sites (tertiary alicyclic amines) is 1. The highest BCUT2D eigenvalue weighted by Gasteiger charge is 2.25. The van der Waals surface area contributed by atoms with Gasteiger partial charge in [-0.2, -0.15) is 0 Å².